The molecule has 0 saturated carbocycles. The van der Waals surface area contributed by atoms with E-state index in [1.54, 1.807) is 0 Å². The molecule has 0 saturated heterocycles. The van der Waals surface area contributed by atoms with Crippen LogP contribution in [0.1, 0.15) is 16.7 Å². The zero-order valence-electron chi connectivity index (χ0n) is 11.0. The first kappa shape index (κ1) is 12.9. The number of hydrogen-bond donors (Lipinski definition) is 0. The molecular formula is C17H18BrN. The van der Waals surface area contributed by atoms with Crippen molar-refractivity contribution >= 4 is 15.9 Å². The summed E-state index contributed by atoms with van der Waals surface area (Å²) in [5, 5.41) is 0. The Balaban J connectivity index is 1.71. The number of hydrogen-bond acceptors (Lipinski definition) is 1. The summed E-state index contributed by atoms with van der Waals surface area (Å²) < 4.78 is 1.22. The SMILES string of the molecule is Brc1ccccc1CN1CCc2ccccc2CC1. The number of benzene rings is 2. The molecule has 0 spiro atoms. The zero-order chi connectivity index (χ0) is 13.1. The average Bonchev–Trinajstić information content (AvgIpc) is 2.64. The number of nitrogens with zero attached hydrogens (tertiary/aromatic N) is 1. The highest BCUT2D eigenvalue weighted by atomic mass is 79.9. The maximum absolute atomic E-state index is 3.64. The first-order chi connectivity index (χ1) is 9.33. The van der Waals surface area contributed by atoms with Gasteiger partial charge in [0.2, 0.25) is 0 Å². The standard InChI is InChI=1S/C17H18BrN/c18-17-8-4-3-7-16(17)13-19-11-9-14-5-1-2-6-15(14)10-12-19/h1-8H,9-13H2. The predicted octanol–water partition coefficient (Wildman–Crippen LogP) is 4.05. The molecule has 0 N–H and O–H groups in total. The molecule has 1 heterocycles. The summed E-state index contributed by atoms with van der Waals surface area (Å²) in [6.45, 7) is 3.34. The first-order valence-electron chi connectivity index (χ1n) is 6.85. The smallest absolute Gasteiger partial charge is 0.0245 e. The van der Waals surface area contributed by atoms with Gasteiger partial charge in [-0.3, -0.25) is 4.90 Å². The van der Waals surface area contributed by atoms with Crippen LogP contribution in [-0.4, -0.2) is 18.0 Å². The van der Waals surface area contributed by atoms with E-state index in [2.05, 4.69) is 69.4 Å². The van der Waals surface area contributed by atoms with Gasteiger partial charge in [0.15, 0.2) is 0 Å². The third kappa shape index (κ3) is 3.07. The largest absolute Gasteiger partial charge is 0.298 e. The Morgan fingerprint density at radius 2 is 1.42 bits per heavy atom. The highest BCUT2D eigenvalue weighted by Gasteiger charge is 2.14. The molecule has 0 amide bonds. The molecule has 0 atom stereocenters. The Bertz CT molecular complexity index is 538. The minimum absolute atomic E-state index is 1.04. The lowest BCUT2D eigenvalue weighted by Gasteiger charge is -2.20. The van der Waals surface area contributed by atoms with Crippen LogP contribution in [0.4, 0.5) is 0 Å². The van der Waals surface area contributed by atoms with Gasteiger partial charge in [0.1, 0.15) is 0 Å². The van der Waals surface area contributed by atoms with E-state index in [0.29, 0.717) is 0 Å². The van der Waals surface area contributed by atoms with Crippen molar-refractivity contribution in [3.63, 3.8) is 0 Å². The van der Waals surface area contributed by atoms with Crippen LogP contribution in [0.5, 0.6) is 0 Å². The van der Waals surface area contributed by atoms with Gasteiger partial charge in [0.05, 0.1) is 0 Å². The van der Waals surface area contributed by atoms with Gasteiger partial charge in [-0.05, 0) is 35.6 Å². The van der Waals surface area contributed by atoms with E-state index in [4.69, 9.17) is 0 Å². The van der Waals surface area contributed by atoms with Crippen molar-refractivity contribution in [3.8, 4) is 0 Å². The summed E-state index contributed by atoms with van der Waals surface area (Å²) in [5.74, 6) is 0. The van der Waals surface area contributed by atoms with Crippen LogP contribution in [0.2, 0.25) is 0 Å². The van der Waals surface area contributed by atoms with Crippen molar-refractivity contribution in [2.24, 2.45) is 0 Å². The summed E-state index contributed by atoms with van der Waals surface area (Å²) in [6, 6.07) is 17.4. The van der Waals surface area contributed by atoms with Crippen LogP contribution in [-0.2, 0) is 19.4 Å². The molecule has 98 valence electrons. The molecule has 0 aromatic heterocycles. The van der Waals surface area contributed by atoms with Crippen LogP contribution in [0, 0.1) is 0 Å². The minimum Gasteiger partial charge on any atom is -0.298 e. The Hall–Kier alpha value is -1.12. The zero-order valence-corrected chi connectivity index (χ0v) is 12.6. The van der Waals surface area contributed by atoms with E-state index in [-0.39, 0.29) is 0 Å². The van der Waals surface area contributed by atoms with E-state index in [1.165, 1.54) is 34.0 Å². The maximum Gasteiger partial charge on any atom is 0.0245 e. The molecule has 0 radical (unpaired) electrons. The van der Waals surface area contributed by atoms with Gasteiger partial charge in [0, 0.05) is 24.1 Å². The van der Waals surface area contributed by atoms with E-state index >= 15 is 0 Å². The second-order valence-corrected chi connectivity index (χ2v) is 5.99. The summed E-state index contributed by atoms with van der Waals surface area (Å²) in [5.41, 5.74) is 4.43. The Labute approximate surface area is 123 Å². The molecule has 19 heavy (non-hydrogen) atoms. The Kier molecular flexibility index (Phi) is 4.00. The molecule has 1 aliphatic rings. The van der Waals surface area contributed by atoms with Crippen molar-refractivity contribution < 1.29 is 0 Å². The predicted molar refractivity (Wildman–Crippen MR) is 83.3 cm³/mol. The average molecular weight is 316 g/mol. The van der Waals surface area contributed by atoms with Crippen LogP contribution in [0.3, 0.4) is 0 Å². The van der Waals surface area contributed by atoms with Crippen LogP contribution >= 0.6 is 15.9 Å². The third-order valence-electron chi connectivity index (χ3n) is 3.86. The topological polar surface area (TPSA) is 3.24 Å². The maximum atomic E-state index is 3.64. The fourth-order valence-corrected chi connectivity index (χ4v) is 3.15. The van der Waals surface area contributed by atoms with Crippen molar-refractivity contribution in [2.75, 3.05) is 13.1 Å². The van der Waals surface area contributed by atoms with Crippen molar-refractivity contribution in [1.29, 1.82) is 0 Å². The third-order valence-corrected chi connectivity index (χ3v) is 4.64. The van der Waals surface area contributed by atoms with E-state index in [0.717, 1.165) is 19.6 Å². The highest BCUT2D eigenvalue weighted by Crippen LogP contribution is 2.20. The van der Waals surface area contributed by atoms with Gasteiger partial charge < -0.3 is 0 Å². The molecule has 1 aliphatic heterocycles. The molecule has 0 unspecified atom stereocenters. The van der Waals surface area contributed by atoms with Gasteiger partial charge in [-0.2, -0.15) is 0 Å². The normalized spacial score (nSPS) is 15.8. The van der Waals surface area contributed by atoms with Crippen molar-refractivity contribution in [1.82, 2.24) is 4.90 Å². The number of fused-ring (bicyclic) bond motifs is 1. The van der Waals surface area contributed by atoms with Crippen molar-refractivity contribution in [3.05, 3.63) is 69.7 Å². The summed E-state index contributed by atoms with van der Waals surface area (Å²) >= 11 is 3.64. The van der Waals surface area contributed by atoms with Gasteiger partial charge in [0.25, 0.3) is 0 Å². The lowest BCUT2D eigenvalue weighted by Crippen LogP contribution is -2.26. The first-order valence-corrected chi connectivity index (χ1v) is 7.65. The van der Waals surface area contributed by atoms with Crippen LogP contribution in [0.15, 0.2) is 53.0 Å². The molecule has 2 heteroatoms. The second-order valence-electron chi connectivity index (χ2n) is 5.14. The molecule has 1 nitrogen and oxygen atoms in total. The molecule has 2 aromatic carbocycles. The lowest BCUT2D eigenvalue weighted by atomic mass is 10.0. The summed E-state index contributed by atoms with van der Waals surface area (Å²) in [6.07, 6.45) is 2.33. The van der Waals surface area contributed by atoms with E-state index in [1.807, 2.05) is 0 Å². The van der Waals surface area contributed by atoms with E-state index in [9.17, 15) is 0 Å². The van der Waals surface area contributed by atoms with Gasteiger partial charge in [-0.15, -0.1) is 0 Å². The Morgan fingerprint density at radius 3 is 2.05 bits per heavy atom. The molecule has 2 aromatic rings. The second kappa shape index (κ2) is 5.89. The fraction of sp³-hybridized carbons (Fsp3) is 0.294. The number of halogens is 1. The highest BCUT2D eigenvalue weighted by molar-refractivity contribution is 9.10. The lowest BCUT2D eigenvalue weighted by molar-refractivity contribution is 0.279. The molecule has 0 bridgehead atoms. The number of rotatable bonds is 2. The van der Waals surface area contributed by atoms with Gasteiger partial charge >= 0.3 is 0 Å². The van der Waals surface area contributed by atoms with Gasteiger partial charge in [-0.1, -0.05) is 58.4 Å². The van der Waals surface area contributed by atoms with E-state index < -0.39 is 0 Å². The fourth-order valence-electron chi connectivity index (χ4n) is 2.74. The summed E-state index contributed by atoms with van der Waals surface area (Å²) in [4.78, 5) is 2.56. The van der Waals surface area contributed by atoms with Crippen LogP contribution in [0.25, 0.3) is 0 Å². The van der Waals surface area contributed by atoms with Crippen molar-refractivity contribution in [2.45, 2.75) is 19.4 Å². The van der Waals surface area contributed by atoms with Gasteiger partial charge in [-0.25, -0.2) is 0 Å². The Morgan fingerprint density at radius 1 is 0.842 bits per heavy atom. The molecule has 0 fully saturated rings. The summed E-state index contributed by atoms with van der Waals surface area (Å²) in [7, 11) is 0. The minimum atomic E-state index is 1.04. The monoisotopic (exact) mass is 315 g/mol. The molecular weight excluding hydrogens is 298 g/mol. The molecule has 0 aliphatic carbocycles. The quantitative estimate of drug-likeness (QED) is 0.808. The van der Waals surface area contributed by atoms with Crippen LogP contribution < -0.4 is 0 Å². The molecule has 3 rings (SSSR count).